The van der Waals surface area contributed by atoms with Crippen molar-refractivity contribution >= 4 is 11.7 Å². The van der Waals surface area contributed by atoms with Crippen LogP contribution in [0.3, 0.4) is 0 Å². The van der Waals surface area contributed by atoms with Gasteiger partial charge in [0.15, 0.2) is 0 Å². The number of nitrogen functional groups attached to an aromatic ring is 1. The van der Waals surface area contributed by atoms with E-state index in [1.54, 1.807) is 6.07 Å². The summed E-state index contributed by atoms with van der Waals surface area (Å²) in [5, 5.41) is 0. The molecule has 2 N–H and O–H groups in total. The van der Waals surface area contributed by atoms with E-state index in [2.05, 4.69) is 4.90 Å². The molecule has 1 aromatic carbocycles. The summed E-state index contributed by atoms with van der Waals surface area (Å²) in [6.07, 6.45) is 2.97. The molecule has 2 bridgehead atoms. The summed E-state index contributed by atoms with van der Waals surface area (Å²) < 4.78 is 10.7. The number of benzene rings is 1. The Morgan fingerprint density at radius 2 is 2.10 bits per heavy atom. The molecule has 0 aliphatic carbocycles. The molecule has 0 amide bonds. The minimum atomic E-state index is -0.366. The van der Waals surface area contributed by atoms with Gasteiger partial charge in [0, 0.05) is 25.3 Å². The molecule has 2 fully saturated rings. The number of rotatable bonds is 3. The Morgan fingerprint density at radius 1 is 1.40 bits per heavy atom. The van der Waals surface area contributed by atoms with E-state index in [4.69, 9.17) is 15.2 Å². The van der Waals surface area contributed by atoms with E-state index >= 15 is 0 Å². The average Bonchev–Trinajstić information content (AvgIpc) is 2.77. The second kappa shape index (κ2) is 5.42. The maximum Gasteiger partial charge on any atom is 0.340 e. The molecule has 108 valence electrons. The van der Waals surface area contributed by atoms with Crippen molar-refractivity contribution in [1.82, 2.24) is 4.90 Å². The normalized spacial score (nSPS) is 25.6. The Bertz CT molecular complexity index is 506. The van der Waals surface area contributed by atoms with Crippen LogP contribution in [-0.2, 0) is 16.0 Å². The van der Waals surface area contributed by atoms with Crippen LogP contribution >= 0.6 is 0 Å². The largest absolute Gasteiger partial charge is 0.465 e. The van der Waals surface area contributed by atoms with Gasteiger partial charge in [0.2, 0.25) is 0 Å². The highest BCUT2D eigenvalue weighted by molar-refractivity contribution is 5.96. The third kappa shape index (κ3) is 2.51. The van der Waals surface area contributed by atoms with Crippen LogP contribution < -0.4 is 5.73 Å². The number of fused-ring (bicyclic) bond motifs is 2. The van der Waals surface area contributed by atoms with Crippen LogP contribution in [0.5, 0.6) is 0 Å². The third-order valence-electron chi connectivity index (χ3n) is 4.09. The first-order chi connectivity index (χ1) is 9.67. The van der Waals surface area contributed by atoms with Crippen molar-refractivity contribution in [2.75, 3.05) is 25.9 Å². The van der Waals surface area contributed by atoms with Crippen molar-refractivity contribution in [1.29, 1.82) is 0 Å². The van der Waals surface area contributed by atoms with Gasteiger partial charge in [-0.1, -0.05) is 12.1 Å². The monoisotopic (exact) mass is 276 g/mol. The predicted octanol–water partition coefficient (Wildman–Crippen LogP) is 1.42. The molecule has 3 rings (SSSR count). The smallest absolute Gasteiger partial charge is 0.340 e. The molecule has 0 radical (unpaired) electrons. The van der Waals surface area contributed by atoms with E-state index in [1.807, 2.05) is 12.1 Å². The first kappa shape index (κ1) is 13.4. The zero-order valence-corrected chi connectivity index (χ0v) is 11.7. The van der Waals surface area contributed by atoms with Gasteiger partial charge in [-0.3, -0.25) is 4.90 Å². The first-order valence-corrected chi connectivity index (χ1v) is 7.01. The van der Waals surface area contributed by atoms with Gasteiger partial charge in [-0.05, 0) is 24.5 Å². The van der Waals surface area contributed by atoms with Crippen LogP contribution in [0, 0.1) is 0 Å². The number of morpholine rings is 1. The molecular weight excluding hydrogens is 256 g/mol. The standard InChI is InChI=1S/C15H20N2O3/c1-19-15(18)14-10(3-2-4-13(14)16)7-17-8-11-5-6-12(9-17)20-11/h2-4,11-12H,5-9,16H2,1H3. The van der Waals surface area contributed by atoms with Crippen LogP contribution in [0.1, 0.15) is 28.8 Å². The number of likely N-dealkylation sites (tertiary alicyclic amines) is 1. The topological polar surface area (TPSA) is 64.8 Å². The van der Waals surface area contributed by atoms with Gasteiger partial charge >= 0.3 is 5.97 Å². The lowest BCUT2D eigenvalue weighted by atomic mass is 10.0. The molecule has 5 nitrogen and oxygen atoms in total. The molecule has 2 saturated heterocycles. The molecule has 2 unspecified atom stereocenters. The summed E-state index contributed by atoms with van der Waals surface area (Å²) in [7, 11) is 1.38. The maximum atomic E-state index is 11.9. The van der Waals surface area contributed by atoms with Crippen LogP contribution in [0.25, 0.3) is 0 Å². The van der Waals surface area contributed by atoms with Gasteiger partial charge in [0.1, 0.15) is 0 Å². The Hall–Kier alpha value is -1.59. The fourth-order valence-corrected chi connectivity index (χ4v) is 3.17. The van der Waals surface area contributed by atoms with Gasteiger partial charge in [0.25, 0.3) is 0 Å². The molecule has 0 saturated carbocycles. The molecule has 2 aliphatic rings. The number of hydrogen-bond donors (Lipinski definition) is 1. The van der Waals surface area contributed by atoms with Crippen molar-refractivity contribution in [3.63, 3.8) is 0 Å². The molecule has 2 heterocycles. The van der Waals surface area contributed by atoms with E-state index < -0.39 is 0 Å². The highest BCUT2D eigenvalue weighted by Crippen LogP contribution is 2.28. The number of methoxy groups -OCH3 is 1. The van der Waals surface area contributed by atoms with Gasteiger partial charge in [-0.25, -0.2) is 4.79 Å². The molecule has 0 aromatic heterocycles. The van der Waals surface area contributed by atoms with Gasteiger partial charge in [-0.15, -0.1) is 0 Å². The van der Waals surface area contributed by atoms with E-state index in [0.717, 1.165) is 31.5 Å². The van der Waals surface area contributed by atoms with Crippen molar-refractivity contribution in [3.8, 4) is 0 Å². The molecule has 1 aromatic rings. The summed E-state index contributed by atoms with van der Waals surface area (Å²) in [6.45, 7) is 2.56. The zero-order valence-electron chi connectivity index (χ0n) is 11.7. The molecule has 0 spiro atoms. The first-order valence-electron chi connectivity index (χ1n) is 7.01. The lowest BCUT2D eigenvalue weighted by Crippen LogP contribution is -2.42. The van der Waals surface area contributed by atoms with E-state index in [1.165, 1.54) is 7.11 Å². The van der Waals surface area contributed by atoms with Crippen LogP contribution in [-0.4, -0.2) is 43.3 Å². The SMILES string of the molecule is COC(=O)c1c(N)cccc1CN1CC2CCC(C1)O2. The Labute approximate surface area is 118 Å². The van der Waals surface area contributed by atoms with Crippen molar-refractivity contribution in [3.05, 3.63) is 29.3 Å². The number of hydrogen-bond acceptors (Lipinski definition) is 5. The Morgan fingerprint density at radius 3 is 2.75 bits per heavy atom. The van der Waals surface area contributed by atoms with Crippen LogP contribution in [0.2, 0.25) is 0 Å². The second-order valence-electron chi connectivity index (χ2n) is 5.52. The number of nitrogens with zero attached hydrogens (tertiary/aromatic N) is 1. The zero-order chi connectivity index (χ0) is 14.1. The number of ether oxygens (including phenoxy) is 2. The molecular formula is C15H20N2O3. The molecule has 5 heteroatoms. The summed E-state index contributed by atoms with van der Waals surface area (Å²) in [6, 6.07) is 5.56. The third-order valence-corrected chi connectivity index (χ3v) is 4.09. The van der Waals surface area contributed by atoms with Gasteiger partial charge < -0.3 is 15.2 Å². The second-order valence-corrected chi connectivity index (χ2v) is 5.52. The highest BCUT2D eigenvalue weighted by Gasteiger charge is 2.34. The summed E-state index contributed by atoms with van der Waals surface area (Å²) in [5.41, 5.74) is 7.83. The van der Waals surface area contributed by atoms with E-state index in [0.29, 0.717) is 30.0 Å². The number of carbonyl (C=O) groups excluding carboxylic acids is 1. The predicted molar refractivity (Wildman–Crippen MR) is 75.4 cm³/mol. The fraction of sp³-hybridized carbons (Fsp3) is 0.533. The van der Waals surface area contributed by atoms with Crippen molar-refractivity contribution in [2.45, 2.75) is 31.6 Å². The number of carbonyl (C=O) groups is 1. The summed E-state index contributed by atoms with van der Waals surface area (Å²) >= 11 is 0. The number of esters is 1. The Kier molecular flexibility index (Phi) is 3.63. The van der Waals surface area contributed by atoms with E-state index in [9.17, 15) is 4.79 Å². The lowest BCUT2D eigenvalue weighted by molar-refractivity contribution is -0.0411. The maximum absolute atomic E-state index is 11.9. The number of anilines is 1. The number of nitrogens with two attached hydrogens (primary N) is 1. The van der Waals surface area contributed by atoms with Crippen molar-refractivity contribution < 1.29 is 14.3 Å². The van der Waals surface area contributed by atoms with Crippen LogP contribution in [0.4, 0.5) is 5.69 Å². The van der Waals surface area contributed by atoms with Crippen LogP contribution in [0.15, 0.2) is 18.2 Å². The summed E-state index contributed by atoms with van der Waals surface area (Å²) in [4.78, 5) is 14.2. The van der Waals surface area contributed by atoms with Gasteiger partial charge in [-0.2, -0.15) is 0 Å². The minimum Gasteiger partial charge on any atom is -0.465 e. The summed E-state index contributed by atoms with van der Waals surface area (Å²) in [5.74, 6) is -0.366. The Balaban J connectivity index is 1.80. The fourth-order valence-electron chi connectivity index (χ4n) is 3.17. The van der Waals surface area contributed by atoms with Crippen molar-refractivity contribution in [2.24, 2.45) is 0 Å². The lowest BCUT2D eigenvalue weighted by Gasteiger charge is -2.32. The van der Waals surface area contributed by atoms with Gasteiger partial charge in [0.05, 0.1) is 24.9 Å². The molecule has 2 aliphatic heterocycles. The van der Waals surface area contributed by atoms with E-state index in [-0.39, 0.29) is 5.97 Å². The highest BCUT2D eigenvalue weighted by atomic mass is 16.5. The minimum absolute atomic E-state index is 0.344. The molecule has 20 heavy (non-hydrogen) atoms. The quantitative estimate of drug-likeness (QED) is 0.668. The average molecular weight is 276 g/mol. The molecule has 2 atom stereocenters.